The second-order valence-electron chi connectivity index (χ2n) is 3.02. The largest absolute Gasteiger partial charge is 0.786 e. The summed E-state index contributed by atoms with van der Waals surface area (Å²) in [4.78, 5) is 3.90. The van der Waals surface area contributed by atoms with E-state index in [-0.39, 0.29) is 0 Å². The second-order valence-corrected chi connectivity index (χ2v) is 3.02. The van der Waals surface area contributed by atoms with Crippen LogP contribution in [0.15, 0.2) is 54.7 Å². The van der Waals surface area contributed by atoms with E-state index in [0.29, 0.717) is 11.6 Å². The summed E-state index contributed by atoms with van der Waals surface area (Å²) in [6.45, 7) is 0. The van der Waals surface area contributed by atoms with Gasteiger partial charge in [0.2, 0.25) is 0 Å². The van der Waals surface area contributed by atoms with Crippen LogP contribution in [0, 0.1) is 0 Å². The highest BCUT2D eigenvalue weighted by Gasteiger charge is 2.21. The summed E-state index contributed by atoms with van der Waals surface area (Å²) >= 11 is 0. The first kappa shape index (κ1) is 10.5. The summed E-state index contributed by atoms with van der Waals surface area (Å²) in [5.74, 6) is 0.844. The van der Waals surface area contributed by atoms with Crippen molar-refractivity contribution in [3.05, 3.63) is 54.7 Å². The van der Waals surface area contributed by atoms with Crippen molar-refractivity contribution in [1.29, 1.82) is 0 Å². The zero-order valence-electron chi connectivity index (χ0n) is 8.48. The van der Waals surface area contributed by atoms with E-state index >= 15 is 0 Å². The van der Waals surface area contributed by atoms with Crippen LogP contribution in [0.5, 0.6) is 11.6 Å². The molecule has 0 aliphatic rings. The number of pyridine rings is 1. The summed E-state index contributed by atoms with van der Waals surface area (Å²) in [7, 11) is -1.36. The molecule has 16 heavy (non-hydrogen) atoms. The van der Waals surface area contributed by atoms with E-state index < -0.39 is 7.32 Å². The quantitative estimate of drug-likeness (QED) is 0.785. The van der Waals surface area contributed by atoms with Gasteiger partial charge in [-0.15, -0.1) is 0 Å². The van der Waals surface area contributed by atoms with Crippen LogP contribution < -0.4 is 9.31 Å². The van der Waals surface area contributed by atoms with E-state index in [1.165, 1.54) is 0 Å². The summed E-state index contributed by atoms with van der Waals surface area (Å²) < 4.78 is 10.2. The fourth-order valence-electron chi connectivity index (χ4n) is 1.16. The van der Waals surface area contributed by atoms with Crippen molar-refractivity contribution in [2.24, 2.45) is 0 Å². The molecule has 0 amide bonds. The number of para-hydroxylation sites is 1. The molecule has 1 heterocycles. The molecule has 0 aliphatic carbocycles. The highest BCUT2D eigenvalue weighted by atomic mass is 16.7. The monoisotopic (exact) mass is 215 g/mol. The Balaban J connectivity index is 1.92. The van der Waals surface area contributed by atoms with Gasteiger partial charge in [0.15, 0.2) is 5.88 Å². The maximum absolute atomic E-state index is 9.47. The molecule has 1 aromatic carbocycles. The molecule has 0 bridgehead atoms. The molecule has 0 radical (unpaired) electrons. The Morgan fingerprint density at radius 2 is 1.69 bits per heavy atom. The predicted molar refractivity (Wildman–Crippen MR) is 59.9 cm³/mol. The molecule has 0 saturated heterocycles. The van der Waals surface area contributed by atoms with Crippen LogP contribution >= 0.6 is 0 Å². The van der Waals surface area contributed by atoms with Gasteiger partial charge in [0.25, 0.3) is 0 Å². The molecule has 0 fully saturated rings. The third-order valence-corrected chi connectivity index (χ3v) is 1.84. The SMILES string of the molecule is OB(Oc1ccccc1)Oc1ccccn1. The first-order valence-corrected chi connectivity index (χ1v) is 4.82. The smallest absolute Gasteiger partial charge is 0.501 e. The van der Waals surface area contributed by atoms with E-state index in [9.17, 15) is 5.02 Å². The Labute approximate surface area is 93.7 Å². The molecule has 80 valence electrons. The standard InChI is InChI=1S/C11H10BNO3/c14-12(15-10-6-2-1-3-7-10)16-11-8-4-5-9-13-11/h1-9,14H. The first-order valence-electron chi connectivity index (χ1n) is 4.82. The lowest BCUT2D eigenvalue weighted by atomic mass is 10.2. The maximum atomic E-state index is 9.47. The molecule has 5 heteroatoms. The Kier molecular flexibility index (Phi) is 3.40. The molecular formula is C11H10BNO3. The van der Waals surface area contributed by atoms with Crippen molar-refractivity contribution in [3.63, 3.8) is 0 Å². The van der Waals surface area contributed by atoms with Crippen molar-refractivity contribution >= 4 is 7.32 Å². The van der Waals surface area contributed by atoms with Crippen LogP contribution in [-0.2, 0) is 0 Å². The number of nitrogens with zero attached hydrogens (tertiary/aromatic N) is 1. The first-order chi connectivity index (χ1) is 7.84. The molecule has 2 aromatic rings. The van der Waals surface area contributed by atoms with Gasteiger partial charge < -0.3 is 14.3 Å². The Morgan fingerprint density at radius 1 is 0.938 bits per heavy atom. The van der Waals surface area contributed by atoms with Gasteiger partial charge in [0.1, 0.15) is 5.75 Å². The van der Waals surface area contributed by atoms with Crippen LogP contribution in [0.25, 0.3) is 0 Å². The number of benzene rings is 1. The summed E-state index contributed by atoms with van der Waals surface area (Å²) in [6.07, 6.45) is 1.57. The maximum Gasteiger partial charge on any atom is 0.786 e. The fraction of sp³-hybridized carbons (Fsp3) is 0. The Hall–Kier alpha value is -2.01. The van der Waals surface area contributed by atoms with E-state index in [0.717, 1.165) is 0 Å². The highest BCUT2D eigenvalue weighted by Crippen LogP contribution is 2.10. The number of hydrogen-bond donors (Lipinski definition) is 1. The zero-order chi connectivity index (χ0) is 11.2. The van der Waals surface area contributed by atoms with Crippen LogP contribution in [0.3, 0.4) is 0 Å². The van der Waals surface area contributed by atoms with Crippen molar-refractivity contribution in [3.8, 4) is 11.6 Å². The van der Waals surface area contributed by atoms with E-state index in [4.69, 9.17) is 9.31 Å². The predicted octanol–water partition coefficient (Wildman–Crippen LogP) is 1.52. The van der Waals surface area contributed by atoms with Crippen molar-refractivity contribution in [2.45, 2.75) is 0 Å². The van der Waals surface area contributed by atoms with Crippen LogP contribution in [0.4, 0.5) is 0 Å². The normalized spacial score (nSPS) is 9.56. The third kappa shape index (κ3) is 3.00. The molecule has 0 atom stereocenters. The fourth-order valence-corrected chi connectivity index (χ4v) is 1.16. The minimum atomic E-state index is -1.36. The molecule has 1 aromatic heterocycles. The van der Waals surface area contributed by atoms with Gasteiger partial charge in [0.05, 0.1) is 0 Å². The van der Waals surface area contributed by atoms with Gasteiger partial charge in [-0.1, -0.05) is 24.3 Å². The van der Waals surface area contributed by atoms with Crippen molar-refractivity contribution in [1.82, 2.24) is 4.98 Å². The average Bonchev–Trinajstić information content (AvgIpc) is 2.31. The minimum absolute atomic E-state index is 0.311. The highest BCUT2D eigenvalue weighted by molar-refractivity contribution is 6.36. The average molecular weight is 215 g/mol. The lowest BCUT2D eigenvalue weighted by molar-refractivity contribution is 0.293. The molecule has 1 N–H and O–H groups in total. The van der Waals surface area contributed by atoms with Crippen molar-refractivity contribution < 1.29 is 14.3 Å². The molecule has 4 nitrogen and oxygen atoms in total. The molecule has 0 aliphatic heterocycles. The van der Waals surface area contributed by atoms with E-state index in [1.54, 1.807) is 36.5 Å². The van der Waals surface area contributed by atoms with Gasteiger partial charge in [-0.2, -0.15) is 0 Å². The molecule has 2 rings (SSSR count). The molecular weight excluding hydrogens is 205 g/mol. The second kappa shape index (κ2) is 5.18. The molecule has 0 unspecified atom stereocenters. The Bertz CT molecular complexity index is 382. The van der Waals surface area contributed by atoms with E-state index in [2.05, 4.69) is 4.98 Å². The van der Waals surface area contributed by atoms with Gasteiger partial charge in [-0.05, 0) is 24.3 Å². The Morgan fingerprint density at radius 3 is 2.38 bits per heavy atom. The summed E-state index contributed by atoms with van der Waals surface area (Å²) in [6, 6.07) is 14.1. The van der Waals surface area contributed by atoms with Gasteiger partial charge in [-0.3, -0.25) is 0 Å². The minimum Gasteiger partial charge on any atom is -0.501 e. The number of hydrogen-bond acceptors (Lipinski definition) is 4. The lowest BCUT2D eigenvalue weighted by Gasteiger charge is -2.09. The van der Waals surface area contributed by atoms with Crippen LogP contribution in [0.1, 0.15) is 0 Å². The summed E-state index contributed by atoms with van der Waals surface area (Å²) in [5.41, 5.74) is 0. The van der Waals surface area contributed by atoms with Gasteiger partial charge in [-0.25, -0.2) is 4.98 Å². The lowest BCUT2D eigenvalue weighted by Crippen LogP contribution is -2.29. The topological polar surface area (TPSA) is 51.6 Å². The van der Waals surface area contributed by atoms with Crippen LogP contribution in [0.2, 0.25) is 0 Å². The van der Waals surface area contributed by atoms with E-state index in [1.807, 2.05) is 18.2 Å². The molecule has 0 spiro atoms. The third-order valence-electron chi connectivity index (χ3n) is 1.84. The molecule has 0 saturated carbocycles. The van der Waals surface area contributed by atoms with Gasteiger partial charge in [0, 0.05) is 6.20 Å². The van der Waals surface area contributed by atoms with Crippen LogP contribution in [-0.4, -0.2) is 17.3 Å². The summed E-state index contributed by atoms with van der Waals surface area (Å²) in [5, 5.41) is 9.47. The van der Waals surface area contributed by atoms with Gasteiger partial charge >= 0.3 is 7.32 Å². The zero-order valence-corrected chi connectivity index (χ0v) is 8.48. The number of rotatable bonds is 4. The van der Waals surface area contributed by atoms with Crippen molar-refractivity contribution in [2.75, 3.05) is 0 Å². The number of aromatic nitrogens is 1.